The van der Waals surface area contributed by atoms with Crippen LogP contribution in [0.3, 0.4) is 0 Å². The zero-order valence-electron chi connectivity index (χ0n) is 16.2. The molecule has 0 aliphatic rings. The number of esters is 1. The van der Waals surface area contributed by atoms with Crippen molar-refractivity contribution in [2.45, 2.75) is 24.3 Å². The van der Waals surface area contributed by atoms with Gasteiger partial charge in [0, 0.05) is 16.5 Å². The lowest BCUT2D eigenvalue weighted by atomic mass is 9.97. The SMILES string of the molecule is CSc1ccc(C=CC(=O)OCCOc2ccc(C(=O)C(C)(C)O)cc2)cc1. The van der Waals surface area contributed by atoms with Gasteiger partial charge < -0.3 is 14.6 Å². The van der Waals surface area contributed by atoms with Crippen molar-refractivity contribution in [1.29, 1.82) is 0 Å². The summed E-state index contributed by atoms with van der Waals surface area (Å²) >= 11 is 1.66. The van der Waals surface area contributed by atoms with Gasteiger partial charge in [-0.05, 0) is 68.1 Å². The zero-order valence-corrected chi connectivity index (χ0v) is 17.0. The first-order valence-electron chi connectivity index (χ1n) is 8.78. The largest absolute Gasteiger partial charge is 0.490 e. The predicted molar refractivity (Wildman–Crippen MR) is 111 cm³/mol. The topological polar surface area (TPSA) is 72.8 Å². The van der Waals surface area contributed by atoms with E-state index in [2.05, 4.69) is 0 Å². The van der Waals surface area contributed by atoms with Gasteiger partial charge in [-0.1, -0.05) is 12.1 Å². The molecule has 0 aliphatic heterocycles. The predicted octanol–water partition coefficient (Wildman–Crippen LogP) is 4.00. The van der Waals surface area contributed by atoms with E-state index in [9.17, 15) is 14.7 Å². The second kappa shape index (κ2) is 10.1. The summed E-state index contributed by atoms with van der Waals surface area (Å²) in [4.78, 5) is 24.8. The van der Waals surface area contributed by atoms with E-state index >= 15 is 0 Å². The quantitative estimate of drug-likeness (QED) is 0.226. The highest BCUT2D eigenvalue weighted by molar-refractivity contribution is 7.98. The van der Waals surface area contributed by atoms with E-state index in [1.807, 2.05) is 30.5 Å². The molecule has 2 aromatic carbocycles. The zero-order chi connectivity index (χ0) is 20.6. The Hall–Kier alpha value is -2.57. The first-order valence-corrected chi connectivity index (χ1v) is 10.0. The maximum absolute atomic E-state index is 12.0. The Balaban J connectivity index is 1.73. The third kappa shape index (κ3) is 6.87. The Labute approximate surface area is 169 Å². The van der Waals surface area contributed by atoms with Crippen molar-refractivity contribution in [2.24, 2.45) is 0 Å². The third-order valence-electron chi connectivity index (χ3n) is 3.80. The van der Waals surface area contributed by atoms with Gasteiger partial charge in [0.25, 0.3) is 0 Å². The molecule has 5 nitrogen and oxygen atoms in total. The smallest absolute Gasteiger partial charge is 0.330 e. The van der Waals surface area contributed by atoms with Crippen molar-refractivity contribution < 1.29 is 24.2 Å². The minimum absolute atomic E-state index is 0.110. The molecule has 0 aliphatic carbocycles. The van der Waals surface area contributed by atoms with Gasteiger partial charge in [0.1, 0.15) is 24.6 Å². The fourth-order valence-corrected chi connectivity index (χ4v) is 2.69. The summed E-state index contributed by atoms with van der Waals surface area (Å²) in [6.07, 6.45) is 5.09. The Morgan fingerprint density at radius 1 is 1.04 bits per heavy atom. The Morgan fingerprint density at radius 3 is 2.25 bits per heavy atom. The highest BCUT2D eigenvalue weighted by atomic mass is 32.2. The number of ketones is 1. The molecule has 0 saturated heterocycles. The van der Waals surface area contributed by atoms with Gasteiger partial charge in [0.2, 0.25) is 0 Å². The summed E-state index contributed by atoms with van der Waals surface area (Å²) in [5, 5.41) is 9.74. The van der Waals surface area contributed by atoms with Crippen molar-refractivity contribution in [2.75, 3.05) is 19.5 Å². The number of Topliss-reactive ketones (excluding diaryl/α,β-unsaturated/α-hetero) is 1. The molecule has 0 radical (unpaired) electrons. The maximum atomic E-state index is 12.0. The number of carbonyl (C=O) groups excluding carboxylic acids is 2. The van der Waals surface area contributed by atoms with Gasteiger partial charge in [-0.3, -0.25) is 4.79 Å². The summed E-state index contributed by atoms with van der Waals surface area (Å²) in [5.41, 5.74) is -0.0881. The monoisotopic (exact) mass is 400 g/mol. The van der Waals surface area contributed by atoms with E-state index in [4.69, 9.17) is 9.47 Å². The minimum Gasteiger partial charge on any atom is -0.490 e. The van der Waals surface area contributed by atoms with Crippen LogP contribution in [0.15, 0.2) is 59.5 Å². The summed E-state index contributed by atoms with van der Waals surface area (Å²) in [6.45, 7) is 3.20. The van der Waals surface area contributed by atoms with Crippen LogP contribution in [0.4, 0.5) is 0 Å². The number of hydrogen-bond donors (Lipinski definition) is 1. The standard InChI is InChI=1S/C22H24O5S/c1-22(2,25)21(24)17-7-9-18(10-8-17)26-14-15-27-20(23)13-6-16-4-11-19(28-3)12-5-16/h4-13,25H,14-15H2,1-3H3. The van der Waals surface area contributed by atoms with Gasteiger partial charge >= 0.3 is 5.97 Å². The summed E-state index contributed by atoms with van der Waals surface area (Å²) in [5.74, 6) is -0.251. The molecule has 6 heteroatoms. The molecule has 0 spiro atoms. The van der Waals surface area contributed by atoms with Gasteiger partial charge in [-0.25, -0.2) is 4.79 Å². The molecule has 28 heavy (non-hydrogen) atoms. The van der Waals surface area contributed by atoms with Crippen LogP contribution in [0.1, 0.15) is 29.8 Å². The molecule has 0 aromatic heterocycles. The van der Waals surface area contributed by atoms with E-state index < -0.39 is 11.6 Å². The molecule has 0 fully saturated rings. The second-order valence-corrected chi connectivity index (χ2v) is 7.41. The van der Waals surface area contributed by atoms with Crippen molar-refractivity contribution in [1.82, 2.24) is 0 Å². The number of ether oxygens (including phenoxy) is 2. The number of benzene rings is 2. The normalized spacial score (nSPS) is 11.4. The molecule has 1 N–H and O–H groups in total. The molecule has 2 rings (SSSR count). The first-order chi connectivity index (χ1) is 13.3. The lowest BCUT2D eigenvalue weighted by Gasteiger charge is -2.15. The number of hydrogen-bond acceptors (Lipinski definition) is 6. The highest BCUT2D eigenvalue weighted by Gasteiger charge is 2.24. The Bertz CT molecular complexity index is 818. The fraction of sp³-hybridized carbons (Fsp3) is 0.273. The molecule has 2 aromatic rings. The van der Waals surface area contributed by atoms with E-state index in [-0.39, 0.29) is 19.0 Å². The molecule has 0 bridgehead atoms. The summed E-state index contributed by atoms with van der Waals surface area (Å²) in [7, 11) is 0. The average molecular weight is 400 g/mol. The van der Waals surface area contributed by atoms with Gasteiger partial charge in [0.05, 0.1) is 0 Å². The summed E-state index contributed by atoms with van der Waals surface area (Å²) < 4.78 is 10.6. The molecule has 0 atom stereocenters. The van der Waals surface area contributed by atoms with Crippen molar-refractivity contribution in [3.8, 4) is 5.75 Å². The van der Waals surface area contributed by atoms with E-state index in [0.29, 0.717) is 11.3 Å². The van der Waals surface area contributed by atoms with Crippen LogP contribution in [0, 0.1) is 0 Å². The number of thioether (sulfide) groups is 1. The number of aliphatic hydroxyl groups is 1. The number of carbonyl (C=O) groups is 2. The van der Waals surface area contributed by atoms with Crippen molar-refractivity contribution in [3.05, 3.63) is 65.7 Å². The molecule has 0 heterocycles. The van der Waals surface area contributed by atoms with E-state index in [1.165, 1.54) is 19.9 Å². The van der Waals surface area contributed by atoms with Crippen LogP contribution >= 0.6 is 11.8 Å². The van der Waals surface area contributed by atoms with Gasteiger partial charge in [-0.2, -0.15) is 0 Å². The fourth-order valence-electron chi connectivity index (χ4n) is 2.28. The van der Waals surface area contributed by atoms with E-state index in [1.54, 1.807) is 42.1 Å². The Kier molecular flexibility index (Phi) is 7.84. The maximum Gasteiger partial charge on any atom is 0.330 e. The van der Waals surface area contributed by atoms with Crippen LogP contribution < -0.4 is 4.74 Å². The third-order valence-corrected chi connectivity index (χ3v) is 4.54. The van der Waals surface area contributed by atoms with Crippen LogP contribution in [-0.4, -0.2) is 41.9 Å². The van der Waals surface area contributed by atoms with Gasteiger partial charge in [-0.15, -0.1) is 11.8 Å². The summed E-state index contributed by atoms with van der Waals surface area (Å²) in [6, 6.07) is 14.3. The lowest BCUT2D eigenvalue weighted by Crippen LogP contribution is -2.30. The number of rotatable bonds is 9. The molecule has 148 valence electrons. The van der Waals surface area contributed by atoms with Crippen LogP contribution in [0.5, 0.6) is 5.75 Å². The highest BCUT2D eigenvalue weighted by Crippen LogP contribution is 2.17. The van der Waals surface area contributed by atoms with Crippen LogP contribution in [-0.2, 0) is 9.53 Å². The second-order valence-electron chi connectivity index (χ2n) is 6.53. The van der Waals surface area contributed by atoms with Crippen LogP contribution in [0.25, 0.3) is 6.08 Å². The average Bonchev–Trinajstić information content (AvgIpc) is 2.69. The molecule has 0 saturated carbocycles. The molecule has 0 unspecified atom stereocenters. The first kappa shape index (κ1) is 21.7. The molecular weight excluding hydrogens is 376 g/mol. The minimum atomic E-state index is -1.42. The van der Waals surface area contributed by atoms with Crippen molar-refractivity contribution in [3.63, 3.8) is 0 Å². The van der Waals surface area contributed by atoms with Gasteiger partial charge in [0.15, 0.2) is 5.78 Å². The molecule has 0 amide bonds. The Morgan fingerprint density at radius 2 is 1.68 bits per heavy atom. The van der Waals surface area contributed by atoms with E-state index in [0.717, 1.165) is 10.5 Å². The molecular formula is C22H24O5S. The van der Waals surface area contributed by atoms with Crippen LogP contribution in [0.2, 0.25) is 0 Å². The lowest BCUT2D eigenvalue weighted by molar-refractivity contribution is -0.138. The van der Waals surface area contributed by atoms with Crippen molar-refractivity contribution >= 4 is 29.6 Å².